The van der Waals surface area contributed by atoms with Gasteiger partial charge in [-0.2, -0.15) is 42.0 Å². The van der Waals surface area contributed by atoms with Crippen molar-refractivity contribution in [2.75, 3.05) is 31.3 Å². The molecule has 2 aromatic carbocycles. The summed E-state index contributed by atoms with van der Waals surface area (Å²) in [6.07, 6.45) is -0.616. The zero-order chi connectivity index (χ0) is 76.4. The Morgan fingerprint density at radius 1 is 0.485 bits per heavy atom. The van der Waals surface area contributed by atoms with Crippen LogP contribution in [0.2, 0.25) is 41.2 Å². The maximum absolute atomic E-state index is 12.3. The number of amides is 4. The standard InChI is InChI=1S/C13H13ClN4O3S.C11H10ClN3O2S.C8H4ClF3N4O.C8H7ClN4O.C6H5ClN4.C4H2Cl2N2.C4H4ClN3.C2H4INO/c1-9-2-4-10(5-3-9)22(20,21)17-13-7-6-11(14)16-18(13)8-12(15)19;1-8-2-4-9(5-3-8)18(16,17)15-11-7-6-10(12)13-14-11;9-4-1-2-6-13-5(3-16(6)15-4)14-7(17)8(10,11)12;1-5(14)10-7-4-13-8(11-7)3-2-6(9)12-13;7-4-1-2-6-9-5(8)3-11(6)10-4;2*5-3-1-2-4(6)8-7-3;3-1-2(4)5/h2-7H,8H2,1H3,(H2,15,19);2-7H,1H3,(H,14,15);1-3H,(H,14,17);2-4H,1H3,(H,10,14);1-3H,8H2;1-2H;1-2H,(H2,6,8);1H2,(H2,4,5). The number of primary amides is 2. The third-order valence-corrected chi connectivity index (χ3v) is 16.0. The van der Waals surface area contributed by atoms with Gasteiger partial charge in [-0.15, -0.1) is 35.0 Å². The predicted octanol–water partition coefficient (Wildman–Crippen LogP) is 9.45. The number of carbonyl (C=O) groups excluding carboxylic acids is 4. The Labute approximate surface area is 633 Å². The van der Waals surface area contributed by atoms with Crippen LogP contribution in [0, 0.1) is 13.8 Å². The molecule has 47 heteroatoms. The summed E-state index contributed by atoms with van der Waals surface area (Å²) >= 11 is 46.2. The molecule has 0 bridgehead atoms. The highest BCUT2D eigenvalue weighted by Gasteiger charge is 2.39. The van der Waals surface area contributed by atoms with Crippen LogP contribution < -0.4 is 43.8 Å². The summed E-state index contributed by atoms with van der Waals surface area (Å²) in [5.74, 6) is -2.04. The number of halogens is 12. The molecule has 12 aromatic rings. The predicted molar refractivity (Wildman–Crippen MR) is 388 cm³/mol. The number of imidazole rings is 3. The first-order chi connectivity index (χ1) is 48.4. The number of carbonyl (C=O) groups is 4. The van der Waals surface area contributed by atoms with Gasteiger partial charge in [0.05, 0.1) is 32.8 Å². The smallest absolute Gasteiger partial charge is 0.382 e. The molecule has 0 saturated carbocycles. The second kappa shape index (κ2) is 39.8. The normalized spacial score (nSPS) is 10.9. The second-order valence-electron chi connectivity index (χ2n) is 19.2. The Morgan fingerprint density at radius 2 is 0.883 bits per heavy atom. The van der Waals surface area contributed by atoms with E-state index in [1.165, 1.54) is 76.6 Å². The van der Waals surface area contributed by atoms with Gasteiger partial charge in [0.15, 0.2) is 60.5 Å². The van der Waals surface area contributed by atoms with Crippen molar-refractivity contribution < 1.29 is 49.2 Å². The van der Waals surface area contributed by atoms with Crippen LogP contribution in [0.15, 0.2) is 166 Å². The molecule has 0 aliphatic rings. The van der Waals surface area contributed by atoms with Crippen molar-refractivity contribution in [2.45, 2.75) is 43.3 Å². The van der Waals surface area contributed by atoms with E-state index in [2.05, 4.69) is 86.1 Å². The molecule has 33 nitrogen and oxygen atoms in total. The summed E-state index contributed by atoms with van der Waals surface area (Å²) in [5, 5.41) is 43.0. The first-order valence-electron chi connectivity index (χ1n) is 27.6. The van der Waals surface area contributed by atoms with Crippen molar-refractivity contribution in [1.29, 1.82) is 0 Å². The number of aromatic nitrogens is 17. The quantitative estimate of drug-likeness (QED) is 0.0495. The first-order valence-corrected chi connectivity index (χ1v) is 35.0. The molecule has 0 spiro atoms. The Balaban J connectivity index is 0.000000218. The highest BCUT2D eigenvalue weighted by molar-refractivity contribution is 14.1. The first kappa shape index (κ1) is 84.1. The number of nitrogens with one attached hydrogen (secondary N) is 3. The van der Waals surface area contributed by atoms with Crippen molar-refractivity contribution in [2.24, 2.45) is 15.9 Å². The van der Waals surface area contributed by atoms with E-state index < -0.39 is 38.0 Å². The van der Waals surface area contributed by atoms with Gasteiger partial charge in [-0.1, -0.05) is 151 Å². The number of hydrogen-bond acceptors (Lipinski definition) is 23. The zero-order valence-corrected chi connectivity index (χ0v) is 62.2. The van der Waals surface area contributed by atoms with Crippen LogP contribution in [-0.4, -0.2) is 135 Å². The van der Waals surface area contributed by atoms with Crippen LogP contribution >= 0.6 is 115 Å². The average Bonchev–Trinajstić information content (AvgIpc) is 1.80. The van der Waals surface area contributed by atoms with Gasteiger partial charge in [-0.3, -0.25) is 23.9 Å². The number of nitrogens with two attached hydrogens (primary N) is 4. The number of hydrogen-bond donors (Lipinski definition) is 7. The summed E-state index contributed by atoms with van der Waals surface area (Å²) in [6.45, 7) is 4.82. The van der Waals surface area contributed by atoms with Crippen molar-refractivity contribution in [3.8, 4) is 0 Å². The summed E-state index contributed by atoms with van der Waals surface area (Å²) in [4.78, 5) is 54.0. The minimum absolute atomic E-state index is 0.0382. The summed E-state index contributed by atoms with van der Waals surface area (Å²) in [6, 6.07) is 34.4. The van der Waals surface area contributed by atoms with Gasteiger partial charge >= 0.3 is 12.1 Å². The molecule has 12 rings (SSSR count). The van der Waals surface area contributed by atoms with Crippen molar-refractivity contribution >= 4 is 205 Å². The molecule has 542 valence electrons. The van der Waals surface area contributed by atoms with E-state index in [-0.39, 0.29) is 66.4 Å². The van der Waals surface area contributed by atoms with Crippen LogP contribution in [0.25, 0.3) is 16.9 Å². The van der Waals surface area contributed by atoms with Gasteiger partial charge in [-0.05, 0) is 123 Å². The molecule has 10 aromatic heterocycles. The third-order valence-electron chi connectivity index (χ3n) is 11.0. The maximum Gasteiger partial charge on any atom is 0.471 e. The molecule has 0 aliphatic heterocycles. The lowest BCUT2D eigenvalue weighted by Gasteiger charge is -2.06. The largest absolute Gasteiger partial charge is 0.471 e. The molecule has 0 radical (unpaired) electrons. The van der Waals surface area contributed by atoms with E-state index in [0.29, 0.717) is 58.9 Å². The Bertz CT molecular complexity index is 5090. The summed E-state index contributed by atoms with van der Waals surface area (Å²) < 4.78 is 96.1. The number of alkyl halides is 4. The van der Waals surface area contributed by atoms with E-state index in [1.807, 2.05) is 36.4 Å². The topological polar surface area (TPSA) is 475 Å². The number of fused-ring (bicyclic) bond motifs is 3. The van der Waals surface area contributed by atoms with Crippen molar-refractivity contribution in [1.82, 2.24) is 84.2 Å². The minimum Gasteiger partial charge on any atom is -0.382 e. The monoisotopic (exact) mass is 1730 g/mol. The minimum atomic E-state index is -4.96. The van der Waals surface area contributed by atoms with E-state index in [4.69, 9.17) is 110 Å². The molecular weight excluding hydrogens is 1680 g/mol. The lowest BCUT2D eigenvalue weighted by atomic mass is 10.2. The number of nitrogen functional groups attached to an aromatic ring is 2. The Hall–Kier alpha value is -9.56. The van der Waals surface area contributed by atoms with Gasteiger partial charge < -0.3 is 33.6 Å². The highest BCUT2D eigenvalue weighted by atomic mass is 127. The van der Waals surface area contributed by atoms with Crippen LogP contribution in [0.3, 0.4) is 0 Å². The molecular formula is C56H49Cl8F3IN25O8S2. The number of benzene rings is 2. The molecule has 0 fully saturated rings. The Morgan fingerprint density at radius 3 is 1.29 bits per heavy atom. The highest BCUT2D eigenvalue weighted by Crippen LogP contribution is 2.20. The number of aryl methyl sites for hydroxylation is 2. The van der Waals surface area contributed by atoms with E-state index in [9.17, 15) is 49.2 Å². The summed E-state index contributed by atoms with van der Waals surface area (Å²) in [5.41, 5.74) is 23.8. The van der Waals surface area contributed by atoms with Gasteiger partial charge in [-0.25, -0.2) is 41.6 Å². The second-order valence-corrected chi connectivity index (χ2v) is 26.3. The number of anilines is 5. The fraction of sp³-hybridized carbons (Fsp3) is 0.107. The van der Waals surface area contributed by atoms with Crippen molar-refractivity contribution in [3.63, 3.8) is 0 Å². The third kappa shape index (κ3) is 30.1. The van der Waals surface area contributed by atoms with Crippen LogP contribution in [0.1, 0.15) is 18.1 Å². The van der Waals surface area contributed by atoms with Gasteiger partial charge in [0, 0.05) is 6.92 Å². The lowest BCUT2D eigenvalue weighted by Crippen LogP contribution is -2.31. The van der Waals surface area contributed by atoms with Gasteiger partial charge in [0.2, 0.25) is 17.7 Å². The average molecular weight is 1730 g/mol. The molecule has 0 saturated heterocycles. The Kier molecular flexibility index (Phi) is 32.5. The zero-order valence-electron chi connectivity index (χ0n) is 52.3. The SMILES string of the molecule is CC(=O)Nc1cn2nc(Cl)ccc2n1.Cc1ccc(S(=O)(=O)N=c2ccc(Cl)nn2CC(N)=O)cc1.Cc1ccc(S(=O)(=O)Nc2ccc(Cl)nn2)cc1.Clc1ccc(Cl)nn1.NC(=O)CI.Nc1ccc(Cl)nn1.Nc1cn2nc(Cl)ccc2n1.O=C(Nc1cn2nc(Cl)ccc2n1)C(F)(F)F. The van der Waals surface area contributed by atoms with Gasteiger partial charge in [0.1, 0.15) is 38.8 Å². The van der Waals surface area contributed by atoms with E-state index in [1.54, 1.807) is 90.5 Å². The number of nitrogens with zero attached hydrogens (tertiary/aromatic N) is 18. The van der Waals surface area contributed by atoms with Crippen LogP contribution in [0.4, 0.5) is 42.3 Å². The van der Waals surface area contributed by atoms with Gasteiger partial charge in [0.25, 0.3) is 20.0 Å². The van der Waals surface area contributed by atoms with Crippen LogP contribution in [0.5, 0.6) is 0 Å². The molecule has 0 unspecified atom stereocenters. The lowest BCUT2D eigenvalue weighted by molar-refractivity contribution is -0.167. The molecule has 4 amide bonds. The molecule has 103 heavy (non-hydrogen) atoms. The van der Waals surface area contributed by atoms with E-state index >= 15 is 0 Å². The van der Waals surface area contributed by atoms with Crippen molar-refractivity contribution in [3.05, 3.63) is 210 Å². The molecule has 10 heterocycles. The van der Waals surface area contributed by atoms with Crippen LogP contribution in [-0.2, 0) is 45.8 Å². The fourth-order valence-corrected chi connectivity index (χ4v) is 9.62. The molecule has 0 atom stereocenters. The van der Waals surface area contributed by atoms with E-state index in [0.717, 1.165) is 26.5 Å². The summed E-state index contributed by atoms with van der Waals surface area (Å²) in [7, 11) is -7.57. The maximum atomic E-state index is 12.3. The molecule has 0 aliphatic carbocycles. The fourth-order valence-electron chi connectivity index (χ4n) is 6.65. The number of sulfonamides is 2. The molecule has 11 N–H and O–H groups in total. The number of rotatable bonds is 10.